The van der Waals surface area contributed by atoms with Crippen molar-refractivity contribution < 1.29 is 14.4 Å². The van der Waals surface area contributed by atoms with E-state index in [4.69, 9.17) is 0 Å². The molecule has 4 rings (SSSR count). The van der Waals surface area contributed by atoms with Crippen LogP contribution in [0.1, 0.15) is 53.1 Å². The van der Waals surface area contributed by atoms with Crippen molar-refractivity contribution in [2.45, 2.75) is 44.2 Å². The zero-order chi connectivity index (χ0) is 15.4. The van der Waals surface area contributed by atoms with Crippen molar-refractivity contribution >= 4 is 33.7 Å². The third kappa shape index (κ3) is 2.08. The fourth-order valence-electron chi connectivity index (χ4n) is 3.33. The lowest BCUT2D eigenvalue weighted by molar-refractivity contribution is -0.136. The second kappa shape index (κ2) is 4.91. The fraction of sp³-hybridized carbons (Fsp3) is 0.438. The maximum Gasteiger partial charge on any atom is 0.256 e. The molecule has 2 heterocycles. The summed E-state index contributed by atoms with van der Waals surface area (Å²) >= 11 is 3.59. The molecular weight excluding hydrogens is 348 g/mol. The van der Waals surface area contributed by atoms with Crippen LogP contribution in [-0.2, 0) is 16.1 Å². The van der Waals surface area contributed by atoms with Gasteiger partial charge in [0.25, 0.3) is 5.91 Å². The number of carbonyl (C=O) groups is 3. The molecule has 0 aromatic heterocycles. The third-order valence-corrected chi connectivity index (χ3v) is 5.53. The van der Waals surface area contributed by atoms with Gasteiger partial charge in [0.2, 0.25) is 11.8 Å². The molecule has 6 heteroatoms. The smallest absolute Gasteiger partial charge is 0.256 e. The Morgan fingerprint density at radius 2 is 1.91 bits per heavy atom. The molecule has 2 fully saturated rings. The molecule has 1 atom stereocenters. The van der Waals surface area contributed by atoms with Gasteiger partial charge in [-0.1, -0.05) is 12.1 Å². The standard InChI is InChI=1S/C16H15BrN2O3/c17-14-10(8-1-2-8)4-3-9-7-19(16(22)13(9)14)11-5-6-12(20)18-15(11)21/h3-4,8,11H,1-2,5-7H2,(H,18,20,21). The van der Waals surface area contributed by atoms with Gasteiger partial charge in [0.1, 0.15) is 6.04 Å². The average molecular weight is 363 g/mol. The summed E-state index contributed by atoms with van der Waals surface area (Å²) in [5, 5.41) is 2.32. The van der Waals surface area contributed by atoms with Crippen LogP contribution in [0.4, 0.5) is 0 Å². The number of benzene rings is 1. The normalized spacial score (nSPS) is 24.5. The fourth-order valence-corrected chi connectivity index (χ4v) is 4.22. The number of imide groups is 1. The van der Waals surface area contributed by atoms with Crippen molar-refractivity contribution in [2.24, 2.45) is 0 Å². The van der Waals surface area contributed by atoms with Crippen molar-refractivity contribution in [3.05, 3.63) is 33.3 Å². The van der Waals surface area contributed by atoms with Gasteiger partial charge in [-0.15, -0.1) is 0 Å². The molecule has 1 saturated carbocycles. The predicted octanol–water partition coefficient (Wildman–Crippen LogP) is 2.09. The van der Waals surface area contributed by atoms with Gasteiger partial charge in [0, 0.05) is 17.4 Å². The van der Waals surface area contributed by atoms with E-state index in [0.717, 1.165) is 10.0 Å². The summed E-state index contributed by atoms with van der Waals surface area (Å²) in [6, 6.07) is 3.54. The van der Waals surface area contributed by atoms with E-state index in [1.54, 1.807) is 4.90 Å². The summed E-state index contributed by atoms with van der Waals surface area (Å²) in [5.74, 6) is -0.186. The second-order valence-corrected chi connectivity index (χ2v) is 6.97. The van der Waals surface area contributed by atoms with E-state index in [1.807, 2.05) is 6.07 Å². The summed E-state index contributed by atoms with van der Waals surface area (Å²) in [4.78, 5) is 37.7. The first-order valence-electron chi connectivity index (χ1n) is 7.52. The number of fused-ring (bicyclic) bond motifs is 1. The van der Waals surface area contributed by atoms with Crippen LogP contribution >= 0.6 is 15.9 Å². The highest BCUT2D eigenvalue weighted by molar-refractivity contribution is 9.10. The maximum absolute atomic E-state index is 12.8. The van der Waals surface area contributed by atoms with Crippen molar-refractivity contribution in [1.29, 1.82) is 0 Å². The molecule has 3 amide bonds. The molecule has 22 heavy (non-hydrogen) atoms. The zero-order valence-corrected chi connectivity index (χ0v) is 13.5. The molecule has 1 saturated heterocycles. The predicted molar refractivity (Wildman–Crippen MR) is 82.2 cm³/mol. The number of halogens is 1. The number of amides is 3. The topological polar surface area (TPSA) is 66.5 Å². The molecule has 1 aromatic carbocycles. The van der Waals surface area contributed by atoms with Gasteiger partial charge < -0.3 is 4.90 Å². The number of hydrogen-bond acceptors (Lipinski definition) is 3. The van der Waals surface area contributed by atoms with Crippen molar-refractivity contribution in [2.75, 3.05) is 0 Å². The molecule has 0 bridgehead atoms. The molecule has 3 aliphatic rings. The first kappa shape index (κ1) is 13.9. The Balaban J connectivity index is 1.66. The number of nitrogens with one attached hydrogen (secondary N) is 1. The van der Waals surface area contributed by atoms with Gasteiger partial charge >= 0.3 is 0 Å². The lowest BCUT2D eigenvalue weighted by Crippen LogP contribution is -2.52. The minimum atomic E-state index is -0.547. The van der Waals surface area contributed by atoms with E-state index in [-0.39, 0.29) is 24.1 Å². The lowest BCUT2D eigenvalue weighted by Gasteiger charge is -2.29. The van der Waals surface area contributed by atoms with Crippen LogP contribution in [0.2, 0.25) is 0 Å². The summed E-state index contributed by atoms with van der Waals surface area (Å²) in [6.45, 7) is 0.435. The highest BCUT2D eigenvalue weighted by Crippen LogP contribution is 2.46. The Bertz CT molecular complexity index is 712. The summed E-state index contributed by atoms with van der Waals surface area (Å²) < 4.78 is 0.882. The van der Waals surface area contributed by atoms with Crippen LogP contribution in [0.5, 0.6) is 0 Å². The largest absolute Gasteiger partial charge is 0.322 e. The minimum Gasteiger partial charge on any atom is -0.322 e. The van der Waals surface area contributed by atoms with Gasteiger partial charge in [0.05, 0.1) is 5.56 Å². The lowest BCUT2D eigenvalue weighted by atomic mass is 10.0. The van der Waals surface area contributed by atoms with E-state index in [1.165, 1.54) is 18.4 Å². The van der Waals surface area contributed by atoms with E-state index in [0.29, 0.717) is 24.4 Å². The molecule has 1 unspecified atom stereocenters. The number of rotatable bonds is 2. The minimum absolute atomic E-state index is 0.112. The van der Waals surface area contributed by atoms with Gasteiger partial charge in [-0.25, -0.2) is 0 Å². The Morgan fingerprint density at radius 3 is 2.59 bits per heavy atom. The Kier molecular flexibility index (Phi) is 3.11. The van der Waals surface area contributed by atoms with Crippen LogP contribution in [0, 0.1) is 0 Å². The molecule has 114 valence electrons. The molecular formula is C16H15BrN2O3. The number of hydrogen-bond donors (Lipinski definition) is 1. The first-order valence-corrected chi connectivity index (χ1v) is 8.31. The van der Waals surface area contributed by atoms with Crippen LogP contribution in [0.15, 0.2) is 16.6 Å². The Hall–Kier alpha value is -1.69. The molecule has 0 radical (unpaired) electrons. The Morgan fingerprint density at radius 1 is 1.14 bits per heavy atom. The number of carbonyl (C=O) groups excluding carboxylic acids is 3. The molecule has 5 nitrogen and oxygen atoms in total. The van der Waals surface area contributed by atoms with Crippen molar-refractivity contribution in [3.63, 3.8) is 0 Å². The van der Waals surface area contributed by atoms with Crippen LogP contribution in [0.25, 0.3) is 0 Å². The summed E-state index contributed by atoms with van der Waals surface area (Å²) in [5.41, 5.74) is 2.83. The van der Waals surface area contributed by atoms with Gasteiger partial charge in [-0.2, -0.15) is 0 Å². The molecule has 0 spiro atoms. The van der Waals surface area contributed by atoms with Gasteiger partial charge in [-0.05, 0) is 52.2 Å². The summed E-state index contributed by atoms with van der Waals surface area (Å²) in [7, 11) is 0. The third-order valence-electron chi connectivity index (χ3n) is 4.68. The first-order chi connectivity index (χ1) is 10.6. The Labute approximate surface area is 136 Å². The van der Waals surface area contributed by atoms with E-state index >= 15 is 0 Å². The monoisotopic (exact) mass is 362 g/mol. The van der Waals surface area contributed by atoms with Crippen LogP contribution < -0.4 is 5.32 Å². The maximum atomic E-state index is 12.8. The quantitative estimate of drug-likeness (QED) is 0.819. The molecule has 1 aromatic rings. The van der Waals surface area contributed by atoms with Gasteiger partial charge in [0.15, 0.2) is 0 Å². The SMILES string of the molecule is O=C1CCC(N2Cc3ccc(C4CC4)c(Br)c3C2=O)C(=O)N1. The zero-order valence-electron chi connectivity index (χ0n) is 11.9. The van der Waals surface area contributed by atoms with Gasteiger partial charge in [-0.3, -0.25) is 19.7 Å². The summed E-state index contributed by atoms with van der Waals surface area (Å²) in [6.07, 6.45) is 3.02. The number of piperidine rings is 1. The van der Waals surface area contributed by atoms with E-state index in [9.17, 15) is 14.4 Å². The van der Waals surface area contributed by atoms with Crippen molar-refractivity contribution in [1.82, 2.24) is 10.2 Å². The van der Waals surface area contributed by atoms with E-state index in [2.05, 4.69) is 27.3 Å². The highest BCUT2D eigenvalue weighted by Gasteiger charge is 2.41. The second-order valence-electron chi connectivity index (χ2n) is 6.18. The molecule has 2 aliphatic heterocycles. The van der Waals surface area contributed by atoms with Crippen LogP contribution in [0.3, 0.4) is 0 Å². The molecule has 1 N–H and O–H groups in total. The van der Waals surface area contributed by atoms with E-state index < -0.39 is 6.04 Å². The van der Waals surface area contributed by atoms with Crippen molar-refractivity contribution in [3.8, 4) is 0 Å². The average Bonchev–Trinajstić information content (AvgIpc) is 3.24. The highest BCUT2D eigenvalue weighted by atomic mass is 79.9. The number of nitrogens with zero attached hydrogens (tertiary/aromatic N) is 1. The molecule has 1 aliphatic carbocycles. The van der Waals surface area contributed by atoms with Crippen LogP contribution in [-0.4, -0.2) is 28.7 Å².